The lowest BCUT2D eigenvalue weighted by atomic mass is 9.76. The lowest BCUT2D eigenvalue weighted by Crippen LogP contribution is -2.19. The first kappa shape index (κ1) is 27.6. The summed E-state index contributed by atoms with van der Waals surface area (Å²) in [6.07, 6.45) is 14.6. The van der Waals surface area contributed by atoms with Gasteiger partial charge in [0.05, 0.1) is 35.0 Å². The van der Waals surface area contributed by atoms with Gasteiger partial charge in [0.1, 0.15) is 11.6 Å². The average molecular weight is 597 g/mol. The van der Waals surface area contributed by atoms with E-state index >= 15 is 0 Å². The van der Waals surface area contributed by atoms with Gasteiger partial charge in [-0.05, 0) is 135 Å². The van der Waals surface area contributed by atoms with Crippen LogP contribution < -0.4 is 0 Å². The van der Waals surface area contributed by atoms with Gasteiger partial charge in [0.15, 0.2) is 0 Å². The van der Waals surface area contributed by atoms with Crippen molar-refractivity contribution in [2.75, 3.05) is 27.2 Å². The smallest absolute Gasteiger partial charge is 0.124 e. The number of hydrogen-bond acceptors (Lipinski definition) is 4. The molecule has 2 aromatic heterocycles. The van der Waals surface area contributed by atoms with Crippen molar-refractivity contribution in [1.82, 2.24) is 29.7 Å². The molecule has 4 heterocycles. The van der Waals surface area contributed by atoms with E-state index in [0.29, 0.717) is 17.5 Å². The molecule has 3 fully saturated rings. The lowest BCUT2D eigenvalue weighted by molar-refractivity contribution is 0.307. The normalized spacial score (nSPS) is 23.2. The van der Waals surface area contributed by atoms with Crippen LogP contribution >= 0.6 is 0 Å². The van der Waals surface area contributed by atoms with E-state index in [9.17, 15) is 0 Å². The van der Waals surface area contributed by atoms with Gasteiger partial charge in [-0.25, -0.2) is 9.97 Å². The molecule has 0 radical (unpaired) electrons. The number of aromatic nitrogens is 4. The van der Waals surface area contributed by atoms with Crippen LogP contribution in [0.1, 0.15) is 92.6 Å². The molecular formula is C39H44N6. The van der Waals surface area contributed by atoms with Crippen molar-refractivity contribution in [1.29, 1.82) is 0 Å². The molecule has 2 unspecified atom stereocenters. The third kappa shape index (κ3) is 4.51. The fourth-order valence-corrected chi connectivity index (χ4v) is 9.41. The first-order chi connectivity index (χ1) is 22.1. The fraction of sp³-hybridized carbons (Fsp3) is 0.436. The summed E-state index contributed by atoms with van der Waals surface area (Å²) in [6, 6.07) is 21.8. The van der Waals surface area contributed by atoms with E-state index < -0.39 is 0 Å². The van der Waals surface area contributed by atoms with E-state index in [1.807, 2.05) is 6.20 Å². The second-order valence-electron chi connectivity index (χ2n) is 14.4. The predicted octanol–water partition coefficient (Wildman–Crippen LogP) is 8.58. The quantitative estimate of drug-likeness (QED) is 0.213. The Kier molecular flexibility index (Phi) is 6.54. The van der Waals surface area contributed by atoms with Gasteiger partial charge >= 0.3 is 0 Å². The van der Waals surface area contributed by atoms with E-state index in [2.05, 4.69) is 88.5 Å². The third-order valence-corrected chi connectivity index (χ3v) is 11.8. The van der Waals surface area contributed by atoms with Crippen LogP contribution in [0.3, 0.4) is 0 Å². The van der Waals surface area contributed by atoms with Gasteiger partial charge < -0.3 is 9.97 Å². The summed E-state index contributed by atoms with van der Waals surface area (Å²) in [5.41, 5.74) is 13.6. The maximum atomic E-state index is 5.03. The third-order valence-electron chi connectivity index (χ3n) is 11.8. The maximum Gasteiger partial charge on any atom is 0.124 e. The van der Waals surface area contributed by atoms with Crippen LogP contribution in [0.15, 0.2) is 60.8 Å². The first-order valence-corrected chi connectivity index (χ1v) is 17.3. The molecule has 2 aliphatic heterocycles. The van der Waals surface area contributed by atoms with Crippen LogP contribution in [0.25, 0.3) is 44.5 Å². The highest BCUT2D eigenvalue weighted by molar-refractivity contribution is 5.86. The van der Waals surface area contributed by atoms with Crippen LogP contribution in [-0.4, -0.2) is 56.9 Å². The molecule has 0 bridgehead atoms. The number of nitrogens with one attached hydrogen (secondary N) is 2. The Balaban J connectivity index is 1.08. The molecule has 2 saturated heterocycles. The molecular weight excluding hydrogens is 552 g/mol. The molecule has 2 N–H and O–H groups in total. The van der Waals surface area contributed by atoms with Crippen LogP contribution in [-0.2, 0) is 11.8 Å². The minimum atomic E-state index is 0.320. The SMILES string of the molecule is CN1CCCC1c1ncc(-c2ccc(-c3ccc(-c4ccc5nc(C6CCCN6C)[nH]c5c4)c4c3CCC43CCCC3)cc2)[nH]1. The van der Waals surface area contributed by atoms with Crippen molar-refractivity contribution in [3.8, 4) is 33.5 Å². The Morgan fingerprint density at radius 1 is 0.711 bits per heavy atom. The number of imidazole rings is 2. The minimum Gasteiger partial charge on any atom is -0.341 e. The number of aromatic amines is 2. The first-order valence-electron chi connectivity index (χ1n) is 17.3. The van der Waals surface area contributed by atoms with Crippen LogP contribution in [0.5, 0.6) is 0 Å². The highest BCUT2D eigenvalue weighted by atomic mass is 15.2. The largest absolute Gasteiger partial charge is 0.341 e. The number of rotatable bonds is 5. The molecule has 5 aromatic rings. The summed E-state index contributed by atoms with van der Waals surface area (Å²) in [7, 11) is 4.43. The standard InChI is InChI=1S/C39H44N6/c1-44-21-5-7-34(44)37-40-24-33(43-37)26-11-9-25(10-12-26)28-14-15-29(36-30(28)17-20-39(36)18-3-4-19-39)27-13-16-31-32(23-27)42-38(41-31)35-8-6-22-45(35)2/h9-16,23-24,34-35H,3-8,17-22H2,1-2H3,(H,40,43)(H,41,42). The molecule has 2 aliphatic carbocycles. The highest BCUT2D eigenvalue weighted by Crippen LogP contribution is 2.55. The Bertz CT molecular complexity index is 1870. The molecule has 1 spiro atoms. The molecule has 4 aliphatic rings. The number of hydrogen-bond donors (Lipinski definition) is 2. The summed E-state index contributed by atoms with van der Waals surface area (Å²) in [5.74, 6) is 2.22. The van der Waals surface area contributed by atoms with Gasteiger partial charge in [-0.15, -0.1) is 0 Å². The van der Waals surface area contributed by atoms with E-state index in [-0.39, 0.29) is 0 Å². The summed E-state index contributed by atoms with van der Waals surface area (Å²) in [5, 5.41) is 0. The van der Waals surface area contributed by atoms with Crippen molar-refractivity contribution in [3.63, 3.8) is 0 Å². The van der Waals surface area contributed by atoms with E-state index in [1.54, 1.807) is 11.1 Å². The molecule has 230 valence electrons. The molecule has 9 rings (SSSR count). The van der Waals surface area contributed by atoms with Crippen molar-refractivity contribution < 1.29 is 0 Å². The summed E-state index contributed by atoms with van der Waals surface area (Å²) in [4.78, 5) is 22.0. The number of fused-ring (bicyclic) bond motifs is 3. The van der Waals surface area contributed by atoms with Gasteiger partial charge in [-0.1, -0.05) is 55.3 Å². The average Bonchev–Trinajstić information content (AvgIpc) is 3.91. The molecule has 0 amide bonds. The Morgan fingerprint density at radius 3 is 2.13 bits per heavy atom. The summed E-state index contributed by atoms with van der Waals surface area (Å²) < 4.78 is 0. The second kappa shape index (κ2) is 10.7. The van der Waals surface area contributed by atoms with Crippen LogP contribution in [0.2, 0.25) is 0 Å². The zero-order valence-corrected chi connectivity index (χ0v) is 26.7. The number of nitrogens with zero attached hydrogens (tertiary/aromatic N) is 4. The maximum absolute atomic E-state index is 5.03. The van der Waals surface area contributed by atoms with Gasteiger partial charge in [0, 0.05) is 0 Å². The van der Waals surface area contributed by atoms with Gasteiger partial charge in [-0.2, -0.15) is 0 Å². The highest BCUT2D eigenvalue weighted by Gasteiger charge is 2.43. The summed E-state index contributed by atoms with van der Waals surface area (Å²) >= 11 is 0. The van der Waals surface area contributed by atoms with Gasteiger partial charge in [0.25, 0.3) is 0 Å². The predicted molar refractivity (Wildman–Crippen MR) is 182 cm³/mol. The molecule has 3 aromatic carbocycles. The van der Waals surface area contributed by atoms with Gasteiger partial charge in [0.2, 0.25) is 0 Å². The zero-order chi connectivity index (χ0) is 30.1. The van der Waals surface area contributed by atoms with Gasteiger partial charge in [-0.3, -0.25) is 9.80 Å². The molecule has 2 atom stereocenters. The van der Waals surface area contributed by atoms with Crippen molar-refractivity contribution >= 4 is 11.0 Å². The fourth-order valence-electron chi connectivity index (χ4n) is 9.41. The van der Waals surface area contributed by atoms with E-state index in [1.165, 1.54) is 92.0 Å². The molecule has 45 heavy (non-hydrogen) atoms. The number of benzene rings is 3. The second-order valence-corrected chi connectivity index (χ2v) is 14.4. The molecule has 6 heteroatoms. The monoisotopic (exact) mass is 596 g/mol. The Labute approximate surface area is 266 Å². The van der Waals surface area contributed by atoms with E-state index in [0.717, 1.165) is 41.5 Å². The lowest BCUT2D eigenvalue weighted by Gasteiger charge is -2.28. The molecule has 6 nitrogen and oxygen atoms in total. The van der Waals surface area contributed by atoms with Crippen LogP contribution in [0.4, 0.5) is 0 Å². The molecule has 1 saturated carbocycles. The minimum absolute atomic E-state index is 0.320. The van der Waals surface area contributed by atoms with Crippen molar-refractivity contribution in [2.45, 2.75) is 81.7 Å². The van der Waals surface area contributed by atoms with E-state index in [4.69, 9.17) is 9.97 Å². The van der Waals surface area contributed by atoms with Crippen molar-refractivity contribution in [3.05, 3.63) is 83.6 Å². The Morgan fingerprint density at radius 2 is 1.40 bits per heavy atom. The summed E-state index contributed by atoms with van der Waals surface area (Å²) in [6.45, 7) is 2.30. The zero-order valence-electron chi connectivity index (χ0n) is 26.7. The Hall–Kier alpha value is -3.74. The van der Waals surface area contributed by atoms with Crippen LogP contribution in [0, 0.1) is 0 Å². The van der Waals surface area contributed by atoms with Crippen molar-refractivity contribution in [2.24, 2.45) is 0 Å². The topological polar surface area (TPSA) is 63.8 Å². The number of likely N-dealkylation sites (tertiary alicyclic amines) is 2. The number of H-pyrrole nitrogens is 2.